The second-order valence-corrected chi connectivity index (χ2v) is 6.22. The number of thiophene rings is 1. The lowest BCUT2D eigenvalue weighted by Gasteiger charge is -2.22. The third-order valence-electron chi connectivity index (χ3n) is 3.61. The van der Waals surface area contributed by atoms with Gasteiger partial charge in [0.05, 0.1) is 23.1 Å². The highest BCUT2D eigenvalue weighted by Crippen LogP contribution is 2.23. The van der Waals surface area contributed by atoms with E-state index in [0.29, 0.717) is 22.7 Å². The highest BCUT2D eigenvalue weighted by molar-refractivity contribution is 7.12. The second-order valence-electron chi connectivity index (χ2n) is 5.27. The Morgan fingerprint density at radius 2 is 1.79 bits per heavy atom. The van der Waals surface area contributed by atoms with Gasteiger partial charge < -0.3 is 10.6 Å². The van der Waals surface area contributed by atoms with Crippen LogP contribution in [0.1, 0.15) is 20.8 Å². The van der Waals surface area contributed by atoms with Gasteiger partial charge in [0.15, 0.2) is 0 Å². The molecule has 0 aliphatic heterocycles. The van der Waals surface area contributed by atoms with Crippen LogP contribution >= 0.6 is 11.3 Å². The van der Waals surface area contributed by atoms with Crippen molar-refractivity contribution >= 4 is 28.6 Å². The van der Waals surface area contributed by atoms with Gasteiger partial charge in [-0.15, -0.1) is 11.3 Å². The Bertz CT molecular complexity index is 862. The van der Waals surface area contributed by atoms with E-state index in [9.17, 15) is 4.79 Å². The van der Waals surface area contributed by atoms with E-state index < -0.39 is 0 Å². The number of hydrogen-bond acceptors (Lipinski definition) is 4. The summed E-state index contributed by atoms with van der Waals surface area (Å²) in [5, 5.41) is 10.8. The lowest BCUT2D eigenvalue weighted by atomic mass is 10.1. The molecule has 118 valence electrons. The predicted octanol–water partition coefficient (Wildman–Crippen LogP) is 4.05. The van der Waals surface area contributed by atoms with Crippen molar-refractivity contribution < 1.29 is 4.79 Å². The van der Waals surface area contributed by atoms with Crippen molar-refractivity contribution in [3.63, 3.8) is 0 Å². The molecule has 0 saturated heterocycles. The summed E-state index contributed by atoms with van der Waals surface area (Å²) >= 11 is 1.41. The summed E-state index contributed by atoms with van der Waals surface area (Å²) < 4.78 is 0. The van der Waals surface area contributed by atoms with Crippen molar-refractivity contribution in [2.24, 2.45) is 0 Å². The molecule has 1 amide bonds. The Morgan fingerprint density at radius 1 is 1.08 bits per heavy atom. The summed E-state index contributed by atoms with van der Waals surface area (Å²) in [5.74, 6) is -0.0634. The van der Waals surface area contributed by atoms with E-state index in [2.05, 4.69) is 6.07 Å². The number of anilines is 2. The summed E-state index contributed by atoms with van der Waals surface area (Å²) in [5.41, 5.74) is 8.72. The number of nitrogens with two attached hydrogens (primary N) is 1. The molecule has 2 aromatic carbocycles. The van der Waals surface area contributed by atoms with E-state index in [-0.39, 0.29) is 5.91 Å². The summed E-state index contributed by atoms with van der Waals surface area (Å²) in [6.07, 6.45) is 0. The lowest BCUT2D eigenvalue weighted by molar-refractivity contribution is 0.0989. The molecule has 0 fully saturated rings. The van der Waals surface area contributed by atoms with Crippen LogP contribution in [0, 0.1) is 11.3 Å². The molecule has 0 aliphatic carbocycles. The van der Waals surface area contributed by atoms with Crippen LogP contribution in [0.15, 0.2) is 66.0 Å². The van der Waals surface area contributed by atoms with Gasteiger partial charge in [0, 0.05) is 11.4 Å². The number of hydrogen-bond donors (Lipinski definition) is 1. The monoisotopic (exact) mass is 333 g/mol. The molecule has 0 bridgehead atoms. The third-order valence-corrected chi connectivity index (χ3v) is 4.46. The minimum absolute atomic E-state index is 0.0634. The van der Waals surface area contributed by atoms with Crippen LogP contribution in [0.5, 0.6) is 0 Å². The number of nitrogens with zero attached hydrogens (tertiary/aromatic N) is 2. The van der Waals surface area contributed by atoms with Crippen LogP contribution in [-0.2, 0) is 6.54 Å². The molecule has 4 nitrogen and oxygen atoms in total. The first-order valence-electron chi connectivity index (χ1n) is 7.37. The van der Waals surface area contributed by atoms with Crippen LogP contribution in [0.4, 0.5) is 11.4 Å². The van der Waals surface area contributed by atoms with Gasteiger partial charge in [-0.25, -0.2) is 0 Å². The molecule has 24 heavy (non-hydrogen) atoms. The van der Waals surface area contributed by atoms with Crippen LogP contribution in [-0.4, -0.2) is 5.91 Å². The fourth-order valence-electron chi connectivity index (χ4n) is 2.34. The molecule has 2 N–H and O–H groups in total. The first-order valence-corrected chi connectivity index (χ1v) is 8.25. The minimum atomic E-state index is -0.0634. The highest BCUT2D eigenvalue weighted by Gasteiger charge is 2.19. The SMILES string of the molecule is N#Cc1ccc(N(Cc2ccc(N)cc2)C(=O)c2cccs2)cc1. The number of nitrogen functional groups attached to an aromatic ring is 1. The number of carbonyl (C=O) groups excluding carboxylic acids is 1. The predicted molar refractivity (Wildman–Crippen MR) is 96.8 cm³/mol. The van der Waals surface area contributed by atoms with Crippen LogP contribution in [0.3, 0.4) is 0 Å². The Hall–Kier alpha value is -3.10. The molecule has 0 aliphatic rings. The van der Waals surface area contributed by atoms with Crippen molar-refractivity contribution in [1.82, 2.24) is 0 Å². The maximum Gasteiger partial charge on any atom is 0.268 e. The van der Waals surface area contributed by atoms with Crippen molar-refractivity contribution in [3.05, 3.63) is 82.0 Å². The smallest absolute Gasteiger partial charge is 0.268 e. The maximum atomic E-state index is 12.9. The van der Waals surface area contributed by atoms with Crippen molar-refractivity contribution in [2.75, 3.05) is 10.6 Å². The molecule has 3 aromatic rings. The van der Waals surface area contributed by atoms with Crippen LogP contribution in [0.2, 0.25) is 0 Å². The molecule has 0 unspecified atom stereocenters. The van der Waals surface area contributed by atoms with Crippen molar-refractivity contribution in [1.29, 1.82) is 5.26 Å². The number of amides is 1. The molecule has 0 radical (unpaired) electrons. The van der Waals surface area contributed by atoms with Gasteiger partial charge in [0.2, 0.25) is 0 Å². The number of carbonyl (C=O) groups is 1. The minimum Gasteiger partial charge on any atom is -0.399 e. The van der Waals surface area contributed by atoms with E-state index in [4.69, 9.17) is 11.0 Å². The topological polar surface area (TPSA) is 70.1 Å². The zero-order valence-corrected chi connectivity index (χ0v) is 13.7. The Balaban J connectivity index is 1.94. The summed E-state index contributed by atoms with van der Waals surface area (Å²) in [6.45, 7) is 0.433. The van der Waals surface area contributed by atoms with Crippen molar-refractivity contribution in [3.8, 4) is 6.07 Å². The van der Waals surface area contributed by atoms with E-state index in [1.807, 2.05) is 41.8 Å². The van der Waals surface area contributed by atoms with E-state index in [1.54, 1.807) is 29.2 Å². The number of benzene rings is 2. The first kappa shape index (κ1) is 15.8. The second kappa shape index (κ2) is 6.99. The summed E-state index contributed by atoms with van der Waals surface area (Å²) in [7, 11) is 0. The highest BCUT2D eigenvalue weighted by atomic mass is 32.1. The van der Waals surface area contributed by atoms with Crippen molar-refractivity contribution in [2.45, 2.75) is 6.54 Å². The fourth-order valence-corrected chi connectivity index (χ4v) is 3.01. The number of rotatable bonds is 4. The zero-order chi connectivity index (χ0) is 16.9. The molecule has 5 heteroatoms. The van der Waals surface area contributed by atoms with Gasteiger partial charge in [0.25, 0.3) is 5.91 Å². The molecule has 1 heterocycles. The summed E-state index contributed by atoms with van der Waals surface area (Å²) in [4.78, 5) is 15.3. The molecular weight excluding hydrogens is 318 g/mol. The van der Waals surface area contributed by atoms with Gasteiger partial charge >= 0.3 is 0 Å². The standard InChI is InChI=1S/C19H15N3OS/c20-12-14-5-9-17(10-6-14)22(19(23)18-2-1-11-24-18)13-15-3-7-16(21)8-4-15/h1-11H,13,21H2. The molecule has 0 atom stereocenters. The Kier molecular flexibility index (Phi) is 4.59. The van der Waals surface area contributed by atoms with Gasteiger partial charge in [-0.1, -0.05) is 18.2 Å². The van der Waals surface area contributed by atoms with Gasteiger partial charge in [-0.2, -0.15) is 5.26 Å². The maximum absolute atomic E-state index is 12.9. The number of nitriles is 1. The van der Waals surface area contributed by atoms with Gasteiger partial charge in [-0.3, -0.25) is 4.79 Å². The summed E-state index contributed by atoms with van der Waals surface area (Å²) in [6, 6.07) is 20.2. The first-order chi connectivity index (χ1) is 11.7. The fraction of sp³-hybridized carbons (Fsp3) is 0.0526. The molecule has 0 saturated carbocycles. The molecule has 0 spiro atoms. The molecular formula is C19H15N3OS. The molecule has 1 aromatic heterocycles. The van der Waals surface area contributed by atoms with E-state index in [1.165, 1.54) is 11.3 Å². The quantitative estimate of drug-likeness (QED) is 0.732. The lowest BCUT2D eigenvalue weighted by Crippen LogP contribution is -2.29. The Labute approximate surface area is 144 Å². The van der Waals surface area contributed by atoms with E-state index >= 15 is 0 Å². The third kappa shape index (κ3) is 3.45. The largest absolute Gasteiger partial charge is 0.399 e. The van der Waals surface area contributed by atoms with Gasteiger partial charge in [-0.05, 0) is 53.4 Å². The molecule has 3 rings (SSSR count). The van der Waals surface area contributed by atoms with Gasteiger partial charge in [0.1, 0.15) is 0 Å². The van der Waals surface area contributed by atoms with E-state index in [0.717, 1.165) is 11.3 Å². The Morgan fingerprint density at radius 3 is 2.38 bits per heavy atom. The van der Waals surface area contributed by atoms with Crippen LogP contribution in [0.25, 0.3) is 0 Å². The normalized spacial score (nSPS) is 10.1. The zero-order valence-electron chi connectivity index (χ0n) is 12.8. The van der Waals surface area contributed by atoms with Crippen LogP contribution < -0.4 is 10.6 Å². The average molecular weight is 333 g/mol. The average Bonchev–Trinajstić information content (AvgIpc) is 3.15.